The van der Waals surface area contributed by atoms with Gasteiger partial charge in [0, 0.05) is 13.1 Å². The van der Waals surface area contributed by atoms with Gasteiger partial charge in [-0.25, -0.2) is 10.8 Å². The fourth-order valence-electron chi connectivity index (χ4n) is 2.11. The molecule has 1 saturated heterocycles. The lowest BCUT2D eigenvalue weighted by Gasteiger charge is -2.26. The Kier molecular flexibility index (Phi) is 4.39. The molecule has 0 atom stereocenters. The predicted molar refractivity (Wildman–Crippen MR) is 70.2 cm³/mol. The van der Waals surface area contributed by atoms with Gasteiger partial charge in [0.25, 0.3) is 0 Å². The maximum atomic E-state index is 6.15. The van der Waals surface area contributed by atoms with Gasteiger partial charge in [-0.15, -0.1) is 0 Å². The van der Waals surface area contributed by atoms with Crippen LogP contribution in [0.2, 0.25) is 5.02 Å². The lowest BCUT2D eigenvalue weighted by molar-refractivity contribution is 0.553. The Morgan fingerprint density at radius 1 is 1.18 bits per heavy atom. The third-order valence-electron chi connectivity index (χ3n) is 3.01. The minimum atomic E-state index is 0.409. The summed E-state index contributed by atoms with van der Waals surface area (Å²) >= 11 is 6.15. The number of aromatic nitrogens is 2. The summed E-state index contributed by atoms with van der Waals surface area (Å²) in [5, 5.41) is 0.588. The monoisotopic (exact) mass is 255 g/mol. The molecule has 2 heterocycles. The van der Waals surface area contributed by atoms with Crippen LogP contribution in [0.15, 0.2) is 6.20 Å². The van der Waals surface area contributed by atoms with Gasteiger partial charge in [-0.3, -0.25) is 5.43 Å². The van der Waals surface area contributed by atoms with E-state index in [1.54, 1.807) is 6.20 Å². The molecule has 0 saturated carbocycles. The van der Waals surface area contributed by atoms with E-state index in [4.69, 9.17) is 17.4 Å². The average molecular weight is 256 g/mol. The number of rotatable bonds is 2. The average Bonchev–Trinajstić information content (AvgIpc) is 2.30. The molecule has 2 rings (SSSR count). The molecule has 1 aliphatic rings. The first-order valence-electron chi connectivity index (χ1n) is 6.05. The van der Waals surface area contributed by atoms with E-state index < -0.39 is 0 Å². The second-order valence-corrected chi connectivity index (χ2v) is 4.67. The zero-order valence-corrected chi connectivity index (χ0v) is 10.6. The number of hydrogen-bond donors (Lipinski definition) is 2. The van der Waals surface area contributed by atoms with E-state index in [0.717, 1.165) is 18.9 Å². The van der Waals surface area contributed by atoms with Crippen molar-refractivity contribution in [3.63, 3.8) is 0 Å². The van der Waals surface area contributed by atoms with E-state index in [1.807, 2.05) is 0 Å². The van der Waals surface area contributed by atoms with Crippen LogP contribution in [0.3, 0.4) is 0 Å². The minimum absolute atomic E-state index is 0.409. The molecule has 0 unspecified atom stereocenters. The quantitative estimate of drug-likeness (QED) is 0.626. The second kappa shape index (κ2) is 6.02. The van der Waals surface area contributed by atoms with Crippen LogP contribution in [0.4, 0.5) is 11.8 Å². The van der Waals surface area contributed by atoms with E-state index in [1.165, 1.54) is 32.1 Å². The molecule has 1 fully saturated rings. The van der Waals surface area contributed by atoms with Crippen LogP contribution in [-0.2, 0) is 0 Å². The number of halogens is 1. The normalized spacial score (nSPS) is 17.4. The number of nitrogens with zero attached hydrogens (tertiary/aromatic N) is 3. The molecule has 1 aliphatic heterocycles. The van der Waals surface area contributed by atoms with Crippen LogP contribution in [0.25, 0.3) is 0 Å². The molecule has 94 valence electrons. The summed E-state index contributed by atoms with van der Waals surface area (Å²) < 4.78 is 0. The third-order valence-corrected chi connectivity index (χ3v) is 3.28. The maximum absolute atomic E-state index is 6.15. The van der Waals surface area contributed by atoms with Crippen LogP contribution in [0, 0.1) is 0 Å². The first kappa shape index (κ1) is 12.4. The fraction of sp³-hybridized carbons (Fsp3) is 0.636. The van der Waals surface area contributed by atoms with E-state index in [2.05, 4.69) is 20.3 Å². The van der Waals surface area contributed by atoms with Gasteiger partial charge in [0.1, 0.15) is 5.02 Å². The zero-order valence-electron chi connectivity index (χ0n) is 9.82. The number of nitrogens with two attached hydrogens (primary N) is 1. The van der Waals surface area contributed by atoms with Crippen molar-refractivity contribution in [2.24, 2.45) is 5.84 Å². The van der Waals surface area contributed by atoms with Gasteiger partial charge in [-0.2, -0.15) is 4.98 Å². The highest BCUT2D eigenvalue weighted by Crippen LogP contribution is 2.25. The highest BCUT2D eigenvalue weighted by molar-refractivity contribution is 6.32. The van der Waals surface area contributed by atoms with E-state index in [-0.39, 0.29) is 0 Å². The Hall–Kier alpha value is -1.07. The van der Waals surface area contributed by atoms with E-state index >= 15 is 0 Å². The predicted octanol–water partition coefficient (Wildman–Crippen LogP) is 2.19. The van der Waals surface area contributed by atoms with Gasteiger partial charge in [-0.05, 0) is 12.8 Å². The SMILES string of the molecule is NNc1ncc(Cl)c(N2CCCCCCC2)n1. The van der Waals surface area contributed by atoms with Gasteiger partial charge in [0.2, 0.25) is 5.95 Å². The Labute approximate surface area is 106 Å². The van der Waals surface area contributed by atoms with Crippen LogP contribution < -0.4 is 16.2 Å². The molecule has 6 heteroatoms. The fourth-order valence-corrected chi connectivity index (χ4v) is 2.32. The van der Waals surface area contributed by atoms with Gasteiger partial charge < -0.3 is 4.90 Å². The van der Waals surface area contributed by atoms with Crippen molar-refractivity contribution in [3.8, 4) is 0 Å². The molecule has 1 aromatic heterocycles. The summed E-state index contributed by atoms with van der Waals surface area (Å²) in [5.41, 5.74) is 2.45. The van der Waals surface area contributed by atoms with Crippen LogP contribution >= 0.6 is 11.6 Å². The van der Waals surface area contributed by atoms with Gasteiger partial charge in [0.15, 0.2) is 5.82 Å². The van der Waals surface area contributed by atoms with E-state index in [0.29, 0.717) is 11.0 Å². The lowest BCUT2D eigenvalue weighted by atomic mass is 10.1. The van der Waals surface area contributed by atoms with Gasteiger partial charge >= 0.3 is 0 Å². The molecular weight excluding hydrogens is 238 g/mol. The first-order chi connectivity index (χ1) is 8.31. The van der Waals surface area contributed by atoms with Crippen molar-refractivity contribution in [1.82, 2.24) is 9.97 Å². The highest BCUT2D eigenvalue weighted by atomic mass is 35.5. The standard InChI is InChI=1S/C11H18ClN5/c12-9-8-14-11(16-13)15-10(9)17-6-4-2-1-3-5-7-17/h8H,1-7,13H2,(H,14,15,16). The van der Waals surface area contributed by atoms with E-state index in [9.17, 15) is 0 Å². The van der Waals surface area contributed by atoms with Crippen LogP contribution in [0.1, 0.15) is 32.1 Å². The van der Waals surface area contributed by atoms with Crippen molar-refractivity contribution in [3.05, 3.63) is 11.2 Å². The minimum Gasteiger partial charge on any atom is -0.355 e. The topological polar surface area (TPSA) is 67.1 Å². The van der Waals surface area contributed by atoms with Crippen LogP contribution in [-0.4, -0.2) is 23.1 Å². The lowest BCUT2D eigenvalue weighted by Crippen LogP contribution is -2.28. The molecule has 0 bridgehead atoms. The molecule has 0 aromatic carbocycles. The van der Waals surface area contributed by atoms with Crippen molar-refractivity contribution in [1.29, 1.82) is 0 Å². The number of nitrogens with one attached hydrogen (secondary N) is 1. The Morgan fingerprint density at radius 3 is 2.47 bits per heavy atom. The summed E-state index contributed by atoms with van der Waals surface area (Å²) in [6, 6.07) is 0. The van der Waals surface area contributed by atoms with Crippen molar-refractivity contribution in [2.75, 3.05) is 23.4 Å². The summed E-state index contributed by atoms with van der Waals surface area (Å²) in [5.74, 6) is 6.51. The highest BCUT2D eigenvalue weighted by Gasteiger charge is 2.14. The summed E-state index contributed by atoms with van der Waals surface area (Å²) in [6.07, 6.45) is 7.86. The Balaban J connectivity index is 2.17. The number of anilines is 2. The smallest absolute Gasteiger partial charge is 0.239 e. The first-order valence-corrected chi connectivity index (χ1v) is 6.43. The molecule has 0 aliphatic carbocycles. The number of hydrogen-bond acceptors (Lipinski definition) is 5. The Morgan fingerprint density at radius 2 is 1.82 bits per heavy atom. The molecule has 1 aromatic rings. The third kappa shape index (κ3) is 3.20. The summed E-state index contributed by atoms with van der Waals surface area (Å²) in [6.45, 7) is 2.00. The molecule has 5 nitrogen and oxygen atoms in total. The molecule has 0 spiro atoms. The molecule has 17 heavy (non-hydrogen) atoms. The van der Waals surface area contributed by atoms with Crippen molar-refractivity contribution in [2.45, 2.75) is 32.1 Å². The van der Waals surface area contributed by atoms with Gasteiger partial charge in [-0.1, -0.05) is 30.9 Å². The zero-order chi connectivity index (χ0) is 12.1. The Bertz CT molecular complexity index is 363. The van der Waals surface area contributed by atoms with Gasteiger partial charge in [0.05, 0.1) is 6.20 Å². The molecule has 0 radical (unpaired) electrons. The van der Waals surface area contributed by atoms with Crippen molar-refractivity contribution < 1.29 is 0 Å². The summed E-state index contributed by atoms with van der Waals surface area (Å²) in [4.78, 5) is 10.5. The molecular formula is C11H18ClN5. The maximum Gasteiger partial charge on any atom is 0.239 e. The van der Waals surface area contributed by atoms with Crippen LogP contribution in [0.5, 0.6) is 0 Å². The van der Waals surface area contributed by atoms with Crippen molar-refractivity contribution >= 4 is 23.4 Å². The molecule has 0 amide bonds. The largest absolute Gasteiger partial charge is 0.355 e. The second-order valence-electron chi connectivity index (χ2n) is 4.26. The number of hydrazine groups is 1. The molecule has 3 N–H and O–H groups in total. The summed E-state index contributed by atoms with van der Waals surface area (Å²) in [7, 11) is 0. The number of nitrogen functional groups attached to an aromatic ring is 1.